The maximum absolute atomic E-state index is 6.09. The molecule has 15 heavy (non-hydrogen) atoms. The van der Waals surface area contributed by atoms with Crippen LogP contribution >= 0.6 is 0 Å². The predicted octanol–water partition coefficient (Wildman–Crippen LogP) is 1.37. The van der Waals surface area contributed by atoms with Crippen molar-refractivity contribution in [3.8, 4) is 0 Å². The Bertz CT molecular complexity index is 216. The summed E-state index contributed by atoms with van der Waals surface area (Å²) in [7, 11) is 0. The molecule has 2 atom stereocenters. The van der Waals surface area contributed by atoms with Crippen molar-refractivity contribution >= 4 is 0 Å². The topological polar surface area (TPSA) is 38.5 Å². The first kappa shape index (κ1) is 11.4. The second-order valence-electron chi connectivity index (χ2n) is 5.65. The van der Waals surface area contributed by atoms with Crippen LogP contribution in [0.4, 0.5) is 0 Å². The zero-order chi connectivity index (χ0) is 11.1. The van der Waals surface area contributed by atoms with E-state index in [4.69, 9.17) is 10.5 Å². The van der Waals surface area contributed by atoms with Crippen LogP contribution in [0.15, 0.2) is 0 Å². The van der Waals surface area contributed by atoms with E-state index in [0.29, 0.717) is 23.7 Å². The average molecular weight is 212 g/mol. The molecule has 2 heterocycles. The molecule has 2 aliphatic heterocycles. The van der Waals surface area contributed by atoms with E-state index in [9.17, 15) is 0 Å². The SMILES string of the molecule is CCC(C)(C)N1C2COCC1CC(N)C2. The van der Waals surface area contributed by atoms with Crippen molar-refractivity contribution in [2.45, 2.75) is 63.7 Å². The summed E-state index contributed by atoms with van der Waals surface area (Å²) in [4.78, 5) is 2.67. The smallest absolute Gasteiger partial charge is 0.0623 e. The first-order valence-electron chi connectivity index (χ1n) is 6.16. The van der Waals surface area contributed by atoms with Gasteiger partial charge in [-0.05, 0) is 33.1 Å². The summed E-state index contributed by atoms with van der Waals surface area (Å²) in [5, 5.41) is 0. The Labute approximate surface area is 93.0 Å². The van der Waals surface area contributed by atoms with E-state index in [1.165, 1.54) is 6.42 Å². The van der Waals surface area contributed by atoms with Gasteiger partial charge >= 0.3 is 0 Å². The Balaban J connectivity index is 2.17. The Hall–Kier alpha value is -0.120. The van der Waals surface area contributed by atoms with Crippen molar-refractivity contribution in [2.24, 2.45) is 5.73 Å². The maximum Gasteiger partial charge on any atom is 0.0623 e. The normalized spacial score (nSPS) is 38.0. The van der Waals surface area contributed by atoms with Crippen molar-refractivity contribution in [1.82, 2.24) is 4.90 Å². The zero-order valence-corrected chi connectivity index (χ0v) is 10.2. The van der Waals surface area contributed by atoms with Gasteiger partial charge < -0.3 is 10.5 Å². The van der Waals surface area contributed by atoms with Gasteiger partial charge in [0.05, 0.1) is 13.2 Å². The lowest BCUT2D eigenvalue weighted by atomic mass is 9.84. The van der Waals surface area contributed by atoms with E-state index in [-0.39, 0.29) is 0 Å². The number of morpholine rings is 1. The van der Waals surface area contributed by atoms with Crippen molar-refractivity contribution in [3.05, 3.63) is 0 Å². The van der Waals surface area contributed by atoms with Gasteiger partial charge in [0.15, 0.2) is 0 Å². The predicted molar refractivity (Wildman–Crippen MR) is 61.8 cm³/mol. The van der Waals surface area contributed by atoms with Crippen LogP contribution in [0.1, 0.15) is 40.0 Å². The van der Waals surface area contributed by atoms with E-state index >= 15 is 0 Å². The summed E-state index contributed by atoms with van der Waals surface area (Å²) >= 11 is 0. The highest BCUT2D eigenvalue weighted by atomic mass is 16.5. The molecule has 0 aromatic heterocycles. The lowest BCUT2D eigenvalue weighted by molar-refractivity contribution is -0.121. The van der Waals surface area contributed by atoms with Crippen LogP contribution in [0.5, 0.6) is 0 Å². The fourth-order valence-electron chi connectivity index (χ4n) is 3.13. The number of piperidine rings is 1. The molecule has 0 radical (unpaired) electrons. The molecule has 2 bridgehead atoms. The molecule has 0 aliphatic carbocycles. The lowest BCUT2D eigenvalue weighted by Gasteiger charge is -2.54. The van der Waals surface area contributed by atoms with Crippen LogP contribution in [0.2, 0.25) is 0 Å². The second-order valence-corrected chi connectivity index (χ2v) is 5.65. The fraction of sp³-hybridized carbons (Fsp3) is 1.00. The van der Waals surface area contributed by atoms with Gasteiger partial charge in [-0.15, -0.1) is 0 Å². The van der Waals surface area contributed by atoms with Crippen molar-refractivity contribution in [1.29, 1.82) is 0 Å². The number of fused-ring (bicyclic) bond motifs is 2. The molecule has 2 N–H and O–H groups in total. The van der Waals surface area contributed by atoms with Gasteiger partial charge in [-0.3, -0.25) is 4.90 Å². The van der Waals surface area contributed by atoms with Gasteiger partial charge in [0, 0.05) is 23.7 Å². The van der Waals surface area contributed by atoms with Crippen LogP contribution in [-0.4, -0.2) is 41.8 Å². The number of nitrogens with two attached hydrogens (primary N) is 1. The molecule has 0 saturated carbocycles. The third-order valence-electron chi connectivity index (χ3n) is 4.12. The van der Waals surface area contributed by atoms with Crippen molar-refractivity contribution < 1.29 is 4.74 Å². The third kappa shape index (κ3) is 2.05. The Morgan fingerprint density at radius 3 is 2.27 bits per heavy atom. The molecule has 2 fully saturated rings. The molecule has 0 aromatic carbocycles. The number of hydrogen-bond donors (Lipinski definition) is 1. The molecular weight excluding hydrogens is 188 g/mol. The van der Waals surface area contributed by atoms with Crippen LogP contribution in [0, 0.1) is 0 Å². The average Bonchev–Trinajstić information content (AvgIpc) is 2.16. The van der Waals surface area contributed by atoms with E-state index in [1.807, 2.05) is 0 Å². The maximum atomic E-state index is 6.09. The Morgan fingerprint density at radius 2 is 1.80 bits per heavy atom. The molecule has 0 amide bonds. The summed E-state index contributed by atoms with van der Waals surface area (Å²) in [5.41, 5.74) is 6.38. The zero-order valence-electron chi connectivity index (χ0n) is 10.2. The summed E-state index contributed by atoms with van der Waals surface area (Å²) in [6, 6.07) is 1.47. The summed E-state index contributed by atoms with van der Waals surface area (Å²) < 4.78 is 5.66. The van der Waals surface area contributed by atoms with Crippen molar-refractivity contribution in [2.75, 3.05) is 13.2 Å². The molecule has 0 spiro atoms. The molecule has 0 aromatic rings. The molecule has 88 valence electrons. The van der Waals surface area contributed by atoms with E-state index in [0.717, 1.165) is 26.1 Å². The van der Waals surface area contributed by atoms with Crippen LogP contribution in [0.3, 0.4) is 0 Å². The number of nitrogens with zero attached hydrogens (tertiary/aromatic N) is 1. The molecule has 2 rings (SSSR count). The van der Waals surface area contributed by atoms with Gasteiger partial charge in [0.25, 0.3) is 0 Å². The van der Waals surface area contributed by atoms with Crippen molar-refractivity contribution in [3.63, 3.8) is 0 Å². The minimum absolute atomic E-state index is 0.291. The Morgan fingerprint density at radius 1 is 1.27 bits per heavy atom. The van der Waals surface area contributed by atoms with E-state index < -0.39 is 0 Å². The van der Waals surface area contributed by atoms with Gasteiger partial charge in [-0.1, -0.05) is 6.92 Å². The first-order valence-corrected chi connectivity index (χ1v) is 6.16. The summed E-state index contributed by atoms with van der Waals surface area (Å²) in [6.07, 6.45) is 3.38. The molecule has 2 aliphatic rings. The third-order valence-corrected chi connectivity index (χ3v) is 4.12. The first-order chi connectivity index (χ1) is 7.04. The number of rotatable bonds is 2. The largest absolute Gasteiger partial charge is 0.378 e. The van der Waals surface area contributed by atoms with Gasteiger partial charge in [-0.2, -0.15) is 0 Å². The lowest BCUT2D eigenvalue weighted by Crippen LogP contribution is -2.65. The van der Waals surface area contributed by atoms with Crippen LogP contribution in [0.25, 0.3) is 0 Å². The molecule has 2 unspecified atom stereocenters. The van der Waals surface area contributed by atoms with Gasteiger partial charge in [0.1, 0.15) is 0 Å². The Kier molecular flexibility index (Phi) is 3.06. The monoisotopic (exact) mass is 212 g/mol. The highest BCUT2D eigenvalue weighted by molar-refractivity contribution is 4.99. The van der Waals surface area contributed by atoms with Gasteiger partial charge in [0.2, 0.25) is 0 Å². The minimum Gasteiger partial charge on any atom is -0.378 e. The quantitative estimate of drug-likeness (QED) is 0.751. The van der Waals surface area contributed by atoms with Crippen LogP contribution in [-0.2, 0) is 4.74 Å². The standard InChI is InChI=1S/C12H24N2O/c1-4-12(2,3)14-10-5-9(13)6-11(14)8-15-7-10/h9-11H,4-8,13H2,1-3H3. The number of ether oxygens (including phenoxy) is 1. The minimum atomic E-state index is 0.291. The summed E-state index contributed by atoms with van der Waals surface area (Å²) in [5.74, 6) is 0. The highest BCUT2D eigenvalue weighted by Gasteiger charge is 2.43. The second kappa shape index (κ2) is 4.04. The van der Waals surface area contributed by atoms with Crippen LogP contribution < -0.4 is 5.73 Å². The van der Waals surface area contributed by atoms with E-state index in [1.54, 1.807) is 0 Å². The molecule has 2 saturated heterocycles. The molecule has 3 nitrogen and oxygen atoms in total. The van der Waals surface area contributed by atoms with E-state index in [2.05, 4.69) is 25.7 Å². The molecular formula is C12H24N2O. The number of hydrogen-bond acceptors (Lipinski definition) is 3. The van der Waals surface area contributed by atoms with Gasteiger partial charge in [-0.25, -0.2) is 0 Å². The fourth-order valence-corrected chi connectivity index (χ4v) is 3.13. The molecule has 3 heteroatoms. The summed E-state index contributed by atoms with van der Waals surface area (Å²) in [6.45, 7) is 8.69. The highest BCUT2D eigenvalue weighted by Crippen LogP contribution is 2.34.